The summed E-state index contributed by atoms with van der Waals surface area (Å²) in [6, 6.07) is 5.51. The highest BCUT2D eigenvalue weighted by molar-refractivity contribution is 7.80. The third kappa shape index (κ3) is 8.11. The molecule has 0 aliphatic carbocycles. The standard InChI is InChI=1S/C12H16N4O3S/c1-10(17)19-7-6-18-9-14-12(20)16-15-8-11-4-2-3-5-13-11/h2-5,8H,6-7,9H2,1H3,(H2,14,16,20). The van der Waals surface area contributed by atoms with Gasteiger partial charge in [-0.15, -0.1) is 0 Å². The maximum absolute atomic E-state index is 10.5. The van der Waals surface area contributed by atoms with Gasteiger partial charge in [0, 0.05) is 13.1 Å². The van der Waals surface area contributed by atoms with Crippen molar-refractivity contribution < 1.29 is 14.3 Å². The van der Waals surface area contributed by atoms with Crippen LogP contribution in [0, 0.1) is 0 Å². The summed E-state index contributed by atoms with van der Waals surface area (Å²) in [6.45, 7) is 2.06. The first-order valence-electron chi connectivity index (χ1n) is 5.87. The van der Waals surface area contributed by atoms with Crippen molar-refractivity contribution in [3.8, 4) is 0 Å². The molecule has 0 saturated heterocycles. The summed E-state index contributed by atoms with van der Waals surface area (Å²) in [5, 5.41) is 7.02. The van der Waals surface area contributed by atoms with Gasteiger partial charge in [0.15, 0.2) is 5.11 Å². The van der Waals surface area contributed by atoms with Crippen molar-refractivity contribution in [3.05, 3.63) is 30.1 Å². The minimum atomic E-state index is -0.331. The van der Waals surface area contributed by atoms with Gasteiger partial charge in [0.1, 0.15) is 13.3 Å². The highest BCUT2D eigenvalue weighted by Gasteiger charge is 1.94. The van der Waals surface area contributed by atoms with Gasteiger partial charge in [-0.3, -0.25) is 15.2 Å². The molecule has 0 aromatic carbocycles. The van der Waals surface area contributed by atoms with E-state index in [1.807, 2.05) is 18.2 Å². The van der Waals surface area contributed by atoms with Gasteiger partial charge < -0.3 is 14.8 Å². The Morgan fingerprint density at radius 1 is 1.50 bits per heavy atom. The molecule has 108 valence electrons. The summed E-state index contributed by atoms with van der Waals surface area (Å²) >= 11 is 4.97. The fraction of sp³-hybridized carbons (Fsp3) is 0.333. The molecule has 0 amide bonds. The number of pyridine rings is 1. The van der Waals surface area contributed by atoms with Crippen LogP contribution < -0.4 is 10.7 Å². The molecular formula is C12H16N4O3S. The molecule has 1 rings (SSSR count). The summed E-state index contributed by atoms with van der Waals surface area (Å²) in [4.78, 5) is 14.5. The molecule has 0 unspecified atom stereocenters. The van der Waals surface area contributed by atoms with E-state index < -0.39 is 0 Å². The molecule has 0 aliphatic rings. The Balaban J connectivity index is 2.06. The van der Waals surface area contributed by atoms with Crippen LogP contribution >= 0.6 is 12.2 Å². The Labute approximate surface area is 122 Å². The van der Waals surface area contributed by atoms with Crippen LogP contribution in [-0.2, 0) is 14.3 Å². The van der Waals surface area contributed by atoms with Crippen LogP contribution in [0.4, 0.5) is 0 Å². The number of hydrogen-bond acceptors (Lipinski definition) is 6. The quantitative estimate of drug-likeness (QED) is 0.188. The Kier molecular flexibility index (Phi) is 7.85. The predicted molar refractivity (Wildman–Crippen MR) is 78.2 cm³/mol. The van der Waals surface area contributed by atoms with Crippen LogP contribution in [0.3, 0.4) is 0 Å². The van der Waals surface area contributed by atoms with Crippen molar-refractivity contribution in [1.29, 1.82) is 0 Å². The maximum atomic E-state index is 10.5. The number of rotatable bonds is 7. The van der Waals surface area contributed by atoms with E-state index in [0.717, 1.165) is 5.69 Å². The molecule has 1 aromatic rings. The molecule has 0 saturated carbocycles. The highest BCUT2D eigenvalue weighted by atomic mass is 32.1. The molecular weight excluding hydrogens is 280 g/mol. The van der Waals surface area contributed by atoms with E-state index in [9.17, 15) is 4.79 Å². The van der Waals surface area contributed by atoms with E-state index in [1.165, 1.54) is 6.92 Å². The molecule has 0 spiro atoms. The fourth-order valence-corrected chi connectivity index (χ4v) is 1.19. The van der Waals surface area contributed by atoms with Crippen molar-refractivity contribution in [2.45, 2.75) is 6.92 Å². The molecule has 1 aromatic heterocycles. The Hall–Kier alpha value is -2.06. The molecule has 8 heteroatoms. The van der Waals surface area contributed by atoms with Crippen LogP contribution in [0.15, 0.2) is 29.5 Å². The summed E-state index contributed by atoms with van der Waals surface area (Å²) < 4.78 is 9.83. The first-order valence-corrected chi connectivity index (χ1v) is 6.28. The van der Waals surface area contributed by atoms with Crippen molar-refractivity contribution in [2.24, 2.45) is 5.10 Å². The van der Waals surface area contributed by atoms with E-state index in [0.29, 0.717) is 11.7 Å². The van der Waals surface area contributed by atoms with E-state index >= 15 is 0 Å². The maximum Gasteiger partial charge on any atom is 0.302 e. The second kappa shape index (κ2) is 9.82. The number of nitrogens with one attached hydrogen (secondary N) is 2. The monoisotopic (exact) mass is 296 g/mol. The highest BCUT2D eigenvalue weighted by Crippen LogP contribution is 1.87. The van der Waals surface area contributed by atoms with E-state index in [1.54, 1.807) is 12.4 Å². The van der Waals surface area contributed by atoms with Crippen LogP contribution in [0.5, 0.6) is 0 Å². The lowest BCUT2D eigenvalue weighted by molar-refractivity contribution is -0.142. The third-order valence-corrected chi connectivity index (χ3v) is 2.15. The molecule has 1 heterocycles. The van der Waals surface area contributed by atoms with E-state index in [4.69, 9.17) is 21.7 Å². The SMILES string of the molecule is CC(=O)OCCOCNC(=S)NN=Cc1ccccn1. The minimum Gasteiger partial charge on any atom is -0.463 e. The van der Waals surface area contributed by atoms with Crippen molar-refractivity contribution >= 4 is 29.5 Å². The predicted octanol–water partition coefficient (Wildman–Crippen LogP) is 0.417. The Morgan fingerprint density at radius 3 is 3.05 bits per heavy atom. The van der Waals surface area contributed by atoms with Crippen LogP contribution in [-0.4, -0.2) is 42.2 Å². The van der Waals surface area contributed by atoms with Crippen LogP contribution in [0.25, 0.3) is 0 Å². The van der Waals surface area contributed by atoms with Gasteiger partial charge in [-0.2, -0.15) is 5.10 Å². The Morgan fingerprint density at radius 2 is 2.35 bits per heavy atom. The zero-order valence-electron chi connectivity index (χ0n) is 11.0. The molecule has 0 aliphatic heterocycles. The summed E-state index contributed by atoms with van der Waals surface area (Å²) in [6.07, 6.45) is 3.23. The normalized spacial score (nSPS) is 10.2. The lowest BCUT2D eigenvalue weighted by atomic mass is 10.4. The number of carbonyl (C=O) groups is 1. The Bertz CT molecular complexity index is 453. The minimum absolute atomic E-state index is 0.201. The van der Waals surface area contributed by atoms with Gasteiger partial charge in [-0.05, 0) is 24.4 Å². The lowest BCUT2D eigenvalue weighted by Gasteiger charge is -2.07. The van der Waals surface area contributed by atoms with Crippen LogP contribution in [0.2, 0.25) is 0 Å². The molecule has 2 N–H and O–H groups in total. The molecule has 0 radical (unpaired) electrons. The summed E-state index contributed by atoms with van der Waals surface area (Å²) in [7, 11) is 0. The number of esters is 1. The fourth-order valence-electron chi connectivity index (χ4n) is 1.08. The second-order valence-corrected chi connectivity index (χ2v) is 3.93. The van der Waals surface area contributed by atoms with Crippen molar-refractivity contribution in [1.82, 2.24) is 15.7 Å². The molecule has 20 heavy (non-hydrogen) atoms. The average molecular weight is 296 g/mol. The van der Waals surface area contributed by atoms with Gasteiger partial charge >= 0.3 is 5.97 Å². The number of thiocarbonyl (C=S) groups is 1. The summed E-state index contributed by atoms with van der Waals surface area (Å²) in [5.41, 5.74) is 3.35. The van der Waals surface area contributed by atoms with Crippen molar-refractivity contribution in [3.63, 3.8) is 0 Å². The van der Waals surface area contributed by atoms with Gasteiger partial charge in [0.05, 0.1) is 18.5 Å². The number of carbonyl (C=O) groups excluding carboxylic acids is 1. The second-order valence-electron chi connectivity index (χ2n) is 3.52. The molecule has 0 atom stereocenters. The number of aromatic nitrogens is 1. The number of nitrogens with zero attached hydrogens (tertiary/aromatic N) is 2. The topological polar surface area (TPSA) is 84.8 Å². The first kappa shape index (κ1) is 16.0. The zero-order chi connectivity index (χ0) is 14.6. The number of ether oxygens (including phenoxy) is 2. The smallest absolute Gasteiger partial charge is 0.302 e. The van der Waals surface area contributed by atoms with Crippen LogP contribution in [0.1, 0.15) is 12.6 Å². The lowest BCUT2D eigenvalue weighted by Crippen LogP contribution is -2.34. The van der Waals surface area contributed by atoms with Gasteiger partial charge in [-0.25, -0.2) is 0 Å². The van der Waals surface area contributed by atoms with Gasteiger partial charge in [0.2, 0.25) is 0 Å². The van der Waals surface area contributed by atoms with Crippen molar-refractivity contribution in [2.75, 3.05) is 19.9 Å². The van der Waals surface area contributed by atoms with Gasteiger partial charge in [0.25, 0.3) is 0 Å². The summed E-state index contributed by atoms with van der Waals surface area (Å²) in [5.74, 6) is -0.331. The number of hydrazone groups is 1. The molecule has 7 nitrogen and oxygen atoms in total. The number of hydrogen-bond donors (Lipinski definition) is 2. The largest absolute Gasteiger partial charge is 0.463 e. The zero-order valence-corrected chi connectivity index (χ0v) is 11.9. The third-order valence-electron chi connectivity index (χ3n) is 1.92. The van der Waals surface area contributed by atoms with E-state index in [-0.39, 0.29) is 19.3 Å². The first-order chi connectivity index (χ1) is 9.68. The average Bonchev–Trinajstić information content (AvgIpc) is 2.43. The van der Waals surface area contributed by atoms with Gasteiger partial charge in [-0.1, -0.05) is 6.07 Å². The molecule has 0 bridgehead atoms. The van der Waals surface area contributed by atoms with E-state index in [2.05, 4.69) is 20.8 Å². The molecule has 0 fully saturated rings.